The van der Waals surface area contributed by atoms with Crippen molar-refractivity contribution in [2.24, 2.45) is 0 Å². The molecule has 53 heavy (non-hydrogen) atoms. The molecule has 2 aliphatic rings. The molecule has 0 saturated heterocycles. The summed E-state index contributed by atoms with van der Waals surface area (Å²) in [6, 6.07) is 49.7. The van der Waals surface area contributed by atoms with Gasteiger partial charge in [0.15, 0.2) is 6.17 Å². The summed E-state index contributed by atoms with van der Waals surface area (Å²) in [7, 11) is 0. The lowest BCUT2D eigenvalue weighted by Crippen LogP contribution is -2.33. The number of nitrogens with zero attached hydrogens (tertiary/aromatic N) is 3. The first-order chi connectivity index (χ1) is 25.7. The summed E-state index contributed by atoms with van der Waals surface area (Å²) >= 11 is 1.85. The summed E-state index contributed by atoms with van der Waals surface area (Å²) in [4.78, 5) is 10.2. The minimum atomic E-state index is 0.347. The van der Waals surface area contributed by atoms with E-state index in [4.69, 9.17) is 0 Å². The Hall–Kier alpha value is -4.93. The van der Waals surface area contributed by atoms with Crippen molar-refractivity contribution >= 4 is 51.6 Å². The number of hydrogen-bond donors (Lipinski definition) is 0. The molecule has 2 aliphatic heterocycles. The van der Waals surface area contributed by atoms with Crippen LogP contribution >= 0.6 is 11.8 Å². The summed E-state index contributed by atoms with van der Waals surface area (Å²) in [6.07, 6.45) is 1.18. The van der Waals surface area contributed by atoms with Crippen LogP contribution in [0.4, 0.5) is 39.8 Å². The van der Waals surface area contributed by atoms with Crippen LogP contribution in [0.25, 0.3) is 0 Å². The molecule has 6 aromatic rings. The minimum Gasteiger partial charge on any atom is -0.308 e. The van der Waals surface area contributed by atoms with E-state index < -0.39 is 0 Å². The average Bonchev–Trinajstić information content (AvgIpc) is 3.50. The molecule has 0 aliphatic carbocycles. The zero-order chi connectivity index (χ0) is 37.0. The normalized spacial score (nSPS) is 14.1. The van der Waals surface area contributed by atoms with Gasteiger partial charge in [-0.3, -0.25) is 0 Å². The van der Waals surface area contributed by atoms with Crippen LogP contribution in [0, 0.1) is 6.17 Å². The molecular formula is C49H50N3S. The van der Waals surface area contributed by atoms with Gasteiger partial charge in [-0.25, -0.2) is 0 Å². The van der Waals surface area contributed by atoms with E-state index in [0.717, 1.165) is 5.69 Å². The lowest BCUT2D eigenvalue weighted by Gasteiger charge is -2.38. The molecule has 8 rings (SSSR count). The molecule has 0 saturated carbocycles. The van der Waals surface area contributed by atoms with Gasteiger partial charge in [-0.15, -0.1) is 0 Å². The molecule has 2 heterocycles. The van der Waals surface area contributed by atoms with E-state index in [0.29, 0.717) is 23.7 Å². The largest absolute Gasteiger partial charge is 0.308 e. The quantitative estimate of drug-likeness (QED) is 0.155. The van der Waals surface area contributed by atoms with Crippen molar-refractivity contribution in [2.75, 3.05) is 14.7 Å². The fourth-order valence-corrected chi connectivity index (χ4v) is 9.22. The van der Waals surface area contributed by atoms with E-state index >= 15 is 0 Å². The number of anilines is 7. The lowest BCUT2D eigenvalue weighted by atomic mass is 9.90. The van der Waals surface area contributed by atoms with Gasteiger partial charge in [-0.2, -0.15) is 0 Å². The van der Waals surface area contributed by atoms with Gasteiger partial charge in [-0.1, -0.05) is 152 Å². The fourth-order valence-electron chi connectivity index (χ4n) is 8.16. The standard InChI is InChI=1S/C49H50N3S/c1-31(2)37-17-15-18-38(32(3)4)47(37)51-41-21-9-10-22-42(41)52(48-39(33(5)6)19-16-20-40(48)34(7)8)49(51)35-27-29-36(30-28-35)50-43-23-11-13-25-45(43)53-46-26-14-12-24-44(46)50/h9-34H,1-8H3. The Morgan fingerprint density at radius 2 is 0.717 bits per heavy atom. The van der Waals surface area contributed by atoms with Crippen molar-refractivity contribution in [1.82, 2.24) is 0 Å². The van der Waals surface area contributed by atoms with E-state index in [-0.39, 0.29) is 0 Å². The van der Waals surface area contributed by atoms with Crippen molar-refractivity contribution in [2.45, 2.75) is 88.9 Å². The van der Waals surface area contributed by atoms with Gasteiger partial charge >= 0.3 is 0 Å². The van der Waals surface area contributed by atoms with Gasteiger partial charge in [0.25, 0.3) is 0 Å². The molecule has 0 unspecified atom stereocenters. The van der Waals surface area contributed by atoms with Gasteiger partial charge in [0.2, 0.25) is 0 Å². The molecule has 0 fully saturated rings. The molecule has 0 N–H and O–H groups in total. The van der Waals surface area contributed by atoms with Crippen LogP contribution < -0.4 is 14.7 Å². The van der Waals surface area contributed by atoms with Crippen LogP contribution in [0.5, 0.6) is 0 Å². The fraction of sp³-hybridized carbons (Fsp3) is 0.245. The first-order valence-corrected chi connectivity index (χ1v) is 20.1. The summed E-state index contributed by atoms with van der Waals surface area (Å²) < 4.78 is 0. The number of rotatable bonds is 8. The number of benzene rings is 6. The van der Waals surface area contributed by atoms with E-state index in [9.17, 15) is 0 Å². The number of hydrogen-bond acceptors (Lipinski definition) is 4. The third kappa shape index (κ3) is 6.02. The Kier molecular flexibility index (Phi) is 9.37. The topological polar surface area (TPSA) is 9.72 Å². The SMILES string of the molecule is CC(C)c1cccc(C(C)C)c1N1[C](c2ccc(N3c4ccccc4Sc4ccccc43)cc2)N(c2c(C(C)C)cccc2C(C)C)c2ccccc21. The predicted molar refractivity (Wildman–Crippen MR) is 228 cm³/mol. The third-order valence-electron chi connectivity index (χ3n) is 10.7. The summed E-state index contributed by atoms with van der Waals surface area (Å²) in [5.41, 5.74) is 15.2. The average molecular weight is 713 g/mol. The van der Waals surface area contributed by atoms with Crippen molar-refractivity contribution in [3.05, 3.63) is 167 Å². The maximum Gasteiger partial charge on any atom is 0.196 e. The molecular weight excluding hydrogens is 663 g/mol. The predicted octanol–water partition coefficient (Wildman–Crippen LogP) is 14.9. The Balaban J connectivity index is 1.39. The molecule has 1 radical (unpaired) electrons. The van der Waals surface area contributed by atoms with Crippen molar-refractivity contribution in [1.29, 1.82) is 0 Å². The monoisotopic (exact) mass is 712 g/mol. The molecule has 0 amide bonds. The number of para-hydroxylation sites is 6. The Labute approximate surface area is 321 Å². The summed E-state index contributed by atoms with van der Waals surface area (Å²) in [6.45, 7) is 18.6. The second-order valence-corrected chi connectivity index (χ2v) is 16.7. The van der Waals surface area contributed by atoms with Crippen LogP contribution in [-0.4, -0.2) is 0 Å². The highest BCUT2D eigenvalue weighted by molar-refractivity contribution is 7.99. The van der Waals surface area contributed by atoms with Crippen LogP contribution in [-0.2, 0) is 0 Å². The van der Waals surface area contributed by atoms with E-state index in [1.54, 1.807) is 0 Å². The zero-order valence-electron chi connectivity index (χ0n) is 32.3. The van der Waals surface area contributed by atoms with E-state index in [1.165, 1.54) is 77.9 Å². The first-order valence-electron chi connectivity index (χ1n) is 19.2. The van der Waals surface area contributed by atoms with Crippen LogP contribution in [0.15, 0.2) is 143 Å². The van der Waals surface area contributed by atoms with Crippen LogP contribution in [0.2, 0.25) is 0 Å². The molecule has 267 valence electrons. The molecule has 3 nitrogen and oxygen atoms in total. The van der Waals surface area contributed by atoms with Gasteiger partial charge in [0, 0.05) is 21.0 Å². The second kappa shape index (κ2) is 14.1. The van der Waals surface area contributed by atoms with E-state index in [2.05, 4.69) is 204 Å². The number of fused-ring (bicyclic) bond motifs is 3. The third-order valence-corrected chi connectivity index (χ3v) is 11.9. The Morgan fingerprint density at radius 3 is 1.09 bits per heavy atom. The van der Waals surface area contributed by atoms with Gasteiger partial charge in [-0.05, 0) is 94.5 Å². The summed E-state index contributed by atoms with van der Waals surface area (Å²) in [5, 5.41) is 0. The first kappa shape index (κ1) is 35.1. The van der Waals surface area contributed by atoms with Gasteiger partial charge in [0.05, 0.1) is 34.1 Å². The van der Waals surface area contributed by atoms with Crippen LogP contribution in [0.1, 0.15) is 107 Å². The van der Waals surface area contributed by atoms with E-state index in [1.807, 2.05) is 11.8 Å². The highest BCUT2D eigenvalue weighted by Gasteiger charge is 2.44. The van der Waals surface area contributed by atoms with Gasteiger partial charge < -0.3 is 14.7 Å². The maximum atomic E-state index is 2.60. The molecule has 4 heteroatoms. The van der Waals surface area contributed by atoms with Crippen molar-refractivity contribution in [3.63, 3.8) is 0 Å². The molecule has 0 atom stereocenters. The highest BCUT2D eigenvalue weighted by atomic mass is 32.2. The Morgan fingerprint density at radius 1 is 0.358 bits per heavy atom. The summed E-state index contributed by atoms with van der Waals surface area (Å²) in [5.74, 6) is 1.39. The maximum absolute atomic E-state index is 2.60. The van der Waals surface area contributed by atoms with Crippen LogP contribution in [0.3, 0.4) is 0 Å². The second-order valence-electron chi connectivity index (χ2n) is 15.6. The molecule has 0 spiro atoms. The zero-order valence-corrected chi connectivity index (χ0v) is 33.1. The molecule has 6 aromatic carbocycles. The minimum absolute atomic E-state index is 0.347. The molecule has 0 bridgehead atoms. The van der Waals surface area contributed by atoms with Crippen molar-refractivity contribution in [3.8, 4) is 0 Å². The Bertz CT molecular complexity index is 2080. The smallest absolute Gasteiger partial charge is 0.196 e. The van der Waals surface area contributed by atoms with Crippen molar-refractivity contribution < 1.29 is 0 Å². The molecule has 0 aromatic heterocycles. The van der Waals surface area contributed by atoms with Gasteiger partial charge in [0.1, 0.15) is 0 Å². The lowest BCUT2D eigenvalue weighted by molar-refractivity contribution is 0.807. The highest BCUT2D eigenvalue weighted by Crippen LogP contribution is 2.58.